The first-order valence-corrected chi connectivity index (χ1v) is 12.2. The Labute approximate surface area is 190 Å². The molecule has 2 aromatic carbocycles. The van der Waals surface area contributed by atoms with Gasteiger partial charge in [-0.2, -0.15) is 0 Å². The maximum Gasteiger partial charge on any atom is 0.164 e. The van der Waals surface area contributed by atoms with Crippen LogP contribution in [-0.2, 0) is 17.1 Å². The Morgan fingerprint density at radius 1 is 1.10 bits per heavy atom. The summed E-state index contributed by atoms with van der Waals surface area (Å²) < 4.78 is 11.1. The smallest absolute Gasteiger partial charge is 0.164 e. The predicted octanol–water partition coefficient (Wildman–Crippen LogP) is 4.93. The standard InChI is InChI=1S/C25H33N3O2S/c1-27(25-26-24-7-4-3-6-21(24)19-31-25)22-12-15-28(16-13-22)14-5-17-30-18-20-8-10-23(29-2)11-9-20/h3-4,6-11,22H,5,12-19H2,1-2H3. The first-order chi connectivity index (χ1) is 15.2. The van der Waals surface area contributed by atoms with Gasteiger partial charge in [0.1, 0.15) is 5.75 Å². The summed E-state index contributed by atoms with van der Waals surface area (Å²) in [6.45, 7) is 4.89. The maximum absolute atomic E-state index is 5.86. The van der Waals surface area contributed by atoms with Crippen molar-refractivity contribution in [1.82, 2.24) is 9.80 Å². The molecule has 31 heavy (non-hydrogen) atoms. The van der Waals surface area contributed by atoms with E-state index in [1.54, 1.807) is 7.11 Å². The van der Waals surface area contributed by atoms with Gasteiger partial charge < -0.3 is 19.3 Å². The lowest BCUT2D eigenvalue weighted by Crippen LogP contribution is -2.45. The van der Waals surface area contributed by atoms with Crippen LogP contribution in [0.25, 0.3) is 0 Å². The Hall–Kier alpha value is -2.02. The summed E-state index contributed by atoms with van der Waals surface area (Å²) in [4.78, 5) is 9.90. The zero-order chi connectivity index (χ0) is 21.5. The van der Waals surface area contributed by atoms with Gasteiger partial charge in [-0.15, -0.1) is 0 Å². The van der Waals surface area contributed by atoms with E-state index in [0.717, 1.165) is 49.9 Å². The quantitative estimate of drug-likeness (QED) is 0.545. The number of rotatable bonds is 8. The lowest BCUT2D eigenvalue weighted by atomic mass is 10.0. The molecule has 1 fully saturated rings. The lowest BCUT2D eigenvalue weighted by Gasteiger charge is -2.38. The lowest BCUT2D eigenvalue weighted by molar-refractivity contribution is 0.0996. The summed E-state index contributed by atoms with van der Waals surface area (Å²) >= 11 is 1.87. The minimum atomic E-state index is 0.582. The van der Waals surface area contributed by atoms with Crippen molar-refractivity contribution in [2.24, 2.45) is 4.99 Å². The van der Waals surface area contributed by atoms with Gasteiger partial charge >= 0.3 is 0 Å². The van der Waals surface area contributed by atoms with E-state index in [0.29, 0.717) is 12.6 Å². The molecule has 0 aliphatic carbocycles. The van der Waals surface area contributed by atoms with Crippen LogP contribution in [-0.4, -0.2) is 61.4 Å². The molecule has 2 aliphatic heterocycles. The van der Waals surface area contributed by atoms with Crippen molar-refractivity contribution in [3.8, 4) is 5.75 Å². The highest BCUT2D eigenvalue weighted by molar-refractivity contribution is 8.13. The molecule has 5 nitrogen and oxygen atoms in total. The molecule has 2 heterocycles. The second-order valence-electron chi connectivity index (χ2n) is 8.25. The number of benzene rings is 2. The van der Waals surface area contributed by atoms with E-state index in [1.807, 2.05) is 23.9 Å². The van der Waals surface area contributed by atoms with E-state index >= 15 is 0 Å². The summed E-state index contributed by atoms with van der Waals surface area (Å²) in [6.07, 6.45) is 3.48. The number of para-hydroxylation sites is 1. The largest absolute Gasteiger partial charge is 0.497 e. The average Bonchev–Trinajstić information content (AvgIpc) is 2.84. The van der Waals surface area contributed by atoms with Gasteiger partial charge in [-0.05, 0) is 48.6 Å². The molecule has 0 saturated carbocycles. The van der Waals surface area contributed by atoms with Gasteiger partial charge in [0.15, 0.2) is 5.17 Å². The first kappa shape index (κ1) is 22.2. The van der Waals surface area contributed by atoms with Gasteiger partial charge in [0.2, 0.25) is 0 Å². The summed E-state index contributed by atoms with van der Waals surface area (Å²) in [7, 11) is 3.90. The van der Waals surface area contributed by atoms with Crippen LogP contribution in [0.2, 0.25) is 0 Å². The van der Waals surface area contributed by atoms with Crippen LogP contribution in [0, 0.1) is 0 Å². The van der Waals surface area contributed by atoms with E-state index in [2.05, 4.69) is 53.2 Å². The van der Waals surface area contributed by atoms with E-state index in [9.17, 15) is 0 Å². The average molecular weight is 440 g/mol. The van der Waals surface area contributed by atoms with Crippen LogP contribution in [0.4, 0.5) is 5.69 Å². The fourth-order valence-electron chi connectivity index (χ4n) is 4.19. The molecule has 0 atom stereocenters. The minimum Gasteiger partial charge on any atom is -0.497 e. The summed E-state index contributed by atoms with van der Waals surface area (Å²) in [5.74, 6) is 1.91. The topological polar surface area (TPSA) is 37.3 Å². The van der Waals surface area contributed by atoms with Crippen molar-refractivity contribution in [3.05, 3.63) is 59.7 Å². The number of methoxy groups -OCH3 is 1. The third kappa shape index (κ3) is 6.03. The second kappa shape index (κ2) is 11.0. The number of nitrogens with zero attached hydrogens (tertiary/aromatic N) is 3. The molecule has 0 amide bonds. The number of fused-ring (bicyclic) bond motifs is 1. The van der Waals surface area contributed by atoms with E-state index in [1.165, 1.54) is 29.1 Å². The molecule has 0 bridgehead atoms. The fourth-order valence-corrected chi connectivity index (χ4v) is 5.23. The highest BCUT2D eigenvalue weighted by atomic mass is 32.2. The second-order valence-corrected chi connectivity index (χ2v) is 9.19. The molecule has 1 saturated heterocycles. The van der Waals surface area contributed by atoms with Gasteiger partial charge in [0.05, 0.1) is 19.4 Å². The molecular formula is C25H33N3O2S. The number of ether oxygens (including phenoxy) is 2. The zero-order valence-corrected chi connectivity index (χ0v) is 19.4. The van der Waals surface area contributed by atoms with E-state index < -0.39 is 0 Å². The maximum atomic E-state index is 5.86. The number of piperidine rings is 1. The van der Waals surface area contributed by atoms with Gasteiger partial charge in [-0.25, -0.2) is 4.99 Å². The van der Waals surface area contributed by atoms with Crippen molar-refractivity contribution in [2.45, 2.75) is 37.7 Å². The van der Waals surface area contributed by atoms with Crippen LogP contribution in [0.1, 0.15) is 30.4 Å². The van der Waals surface area contributed by atoms with Crippen LogP contribution in [0.5, 0.6) is 5.75 Å². The molecule has 0 N–H and O–H groups in total. The van der Waals surface area contributed by atoms with E-state index in [-0.39, 0.29) is 0 Å². The highest BCUT2D eigenvalue weighted by Gasteiger charge is 2.26. The fraction of sp³-hybridized carbons (Fsp3) is 0.480. The molecule has 4 rings (SSSR count). The monoisotopic (exact) mass is 439 g/mol. The molecule has 2 aromatic rings. The Bertz CT molecular complexity index is 863. The summed E-state index contributed by atoms with van der Waals surface area (Å²) in [5.41, 5.74) is 3.67. The Morgan fingerprint density at radius 3 is 2.65 bits per heavy atom. The van der Waals surface area contributed by atoms with Crippen molar-refractivity contribution >= 4 is 22.6 Å². The number of aliphatic imine (C=N–C) groups is 1. The Morgan fingerprint density at radius 2 is 1.87 bits per heavy atom. The molecule has 0 radical (unpaired) electrons. The molecule has 6 heteroatoms. The predicted molar refractivity (Wildman–Crippen MR) is 129 cm³/mol. The van der Waals surface area contributed by atoms with Crippen molar-refractivity contribution < 1.29 is 9.47 Å². The Kier molecular flexibility index (Phi) is 7.89. The van der Waals surface area contributed by atoms with Crippen LogP contribution in [0.3, 0.4) is 0 Å². The van der Waals surface area contributed by atoms with E-state index in [4.69, 9.17) is 14.5 Å². The molecular weight excluding hydrogens is 406 g/mol. The first-order valence-electron chi connectivity index (χ1n) is 11.2. The van der Waals surface area contributed by atoms with Crippen LogP contribution >= 0.6 is 11.8 Å². The zero-order valence-electron chi connectivity index (χ0n) is 18.6. The molecule has 0 spiro atoms. The van der Waals surface area contributed by atoms with Crippen LogP contribution in [0.15, 0.2) is 53.5 Å². The third-order valence-corrected chi connectivity index (χ3v) is 7.25. The van der Waals surface area contributed by atoms with Crippen molar-refractivity contribution in [1.29, 1.82) is 0 Å². The number of thioether (sulfide) groups is 1. The summed E-state index contributed by atoms with van der Waals surface area (Å²) in [6, 6.07) is 17.2. The highest BCUT2D eigenvalue weighted by Crippen LogP contribution is 2.32. The van der Waals surface area contributed by atoms with Gasteiger partial charge in [0, 0.05) is 45.1 Å². The minimum absolute atomic E-state index is 0.582. The normalized spacial score (nSPS) is 17.2. The van der Waals surface area contributed by atoms with Gasteiger partial charge in [-0.3, -0.25) is 0 Å². The number of amidine groups is 1. The van der Waals surface area contributed by atoms with Crippen molar-refractivity contribution in [2.75, 3.05) is 40.4 Å². The SMILES string of the molecule is COc1ccc(COCCCN2CCC(N(C)C3=Nc4ccccc4CS3)CC2)cc1. The van der Waals surface area contributed by atoms with Crippen molar-refractivity contribution in [3.63, 3.8) is 0 Å². The molecule has 2 aliphatic rings. The third-order valence-electron chi connectivity index (χ3n) is 6.16. The Balaban J connectivity index is 1.14. The number of hydrogen-bond donors (Lipinski definition) is 0. The molecule has 0 aromatic heterocycles. The molecule has 0 unspecified atom stereocenters. The van der Waals surface area contributed by atoms with Gasteiger partial charge in [-0.1, -0.05) is 42.1 Å². The van der Waals surface area contributed by atoms with Crippen LogP contribution < -0.4 is 4.74 Å². The summed E-state index contributed by atoms with van der Waals surface area (Å²) in [5, 5.41) is 1.17. The van der Waals surface area contributed by atoms with Gasteiger partial charge in [0.25, 0.3) is 0 Å². The molecule has 166 valence electrons. The number of likely N-dealkylation sites (tertiary alicyclic amines) is 1. The number of hydrogen-bond acceptors (Lipinski definition) is 6.